The fourth-order valence-corrected chi connectivity index (χ4v) is 2.52. The largest absolute Gasteiger partial charge is 0.505 e. The molecule has 0 spiro atoms. The maximum atomic E-state index is 13.8. The quantitative estimate of drug-likeness (QED) is 0.749. The van der Waals surface area contributed by atoms with Crippen LogP contribution in [0.2, 0.25) is 0 Å². The van der Waals surface area contributed by atoms with Gasteiger partial charge in [-0.05, 0) is 49.3 Å². The standard InChI is InChI=1S/C17H20F2O/c1-2-3-4-5-12-6-8-13(9-7-12)14-10-11-15(20)17(19)16(14)18/h4-5,8,10-12,20H,2-3,6-7,9H2,1H3/b5-4+. The van der Waals surface area contributed by atoms with Gasteiger partial charge < -0.3 is 5.11 Å². The molecule has 1 aliphatic carbocycles. The van der Waals surface area contributed by atoms with Gasteiger partial charge in [-0.15, -0.1) is 0 Å². The maximum absolute atomic E-state index is 13.8. The van der Waals surface area contributed by atoms with Gasteiger partial charge in [-0.3, -0.25) is 0 Å². The molecule has 108 valence electrons. The van der Waals surface area contributed by atoms with E-state index in [4.69, 9.17) is 5.11 Å². The minimum Gasteiger partial charge on any atom is -0.505 e. The molecule has 0 fully saturated rings. The Kier molecular flexibility index (Phi) is 4.94. The van der Waals surface area contributed by atoms with Gasteiger partial charge in [0.1, 0.15) is 0 Å². The Balaban J connectivity index is 2.11. The highest BCUT2D eigenvalue weighted by atomic mass is 19.2. The number of halogens is 2. The Morgan fingerprint density at radius 1 is 1.30 bits per heavy atom. The van der Waals surface area contributed by atoms with Crippen molar-refractivity contribution in [2.75, 3.05) is 0 Å². The molecule has 0 heterocycles. The zero-order chi connectivity index (χ0) is 14.5. The van der Waals surface area contributed by atoms with Crippen LogP contribution >= 0.6 is 0 Å². The number of aromatic hydroxyl groups is 1. The summed E-state index contributed by atoms with van der Waals surface area (Å²) >= 11 is 0. The van der Waals surface area contributed by atoms with Crippen molar-refractivity contribution in [2.45, 2.75) is 39.0 Å². The molecule has 1 nitrogen and oxygen atoms in total. The molecule has 1 atom stereocenters. The van der Waals surface area contributed by atoms with E-state index in [-0.39, 0.29) is 5.56 Å². The lowest BCUT2D eigenvalue weighted by molar-refractivity contribution is 0.406. The molecule has 0 aromatic heterocycles. The van der Waals surface area contributed by atoms with E-state index in [1.807, 2.05) is 6.08 Å². The lowest BCUT2D eigenvalue weighted by Crippen LogP contribution is -2.04. The molecular formula is C17H20F2O. The van der Waals surface area contributed by atoms with Gasteiger partial charge in [-0.2, -0.15) is 4.39 Å². The van der Waals surface area contributed by atoms with Crippen LogP contribution in [0.3, 0.4) is 0 Å². The summed E-state index contributed by atoms with van der Waals surface area (Å²) in [7, 11) is 0. The smallest absolute Gasteiger partial charge is 0.200 e. The van der Waals surface area contributed by atoms with E-state index < -0.39 is 17.4 Å². The van der Waals surface area contributed by atoms with Crippen molar-refractivity contribution in [1.29, 1.82) is 0 Å². The first-order valence-corrected chi connectivity index (χ1v) is 7.16. The van der Waals surface area contributed by atoms with Crippen LogP contribution in [-0.4, -0.2) is 5.11 Å². The summed E-state index contributed by atoms with van der Waals surface area (Å²) in [5, 5.41) is 9.14. The lowest BCUT2D eigenvalue weighted by atomic mass is 9.86. The summed E-state index contributed by atoms with van der Waals surface area (Å²) in [6.07, 6.45) is 11.2. The first kappa shape index (κ1) is 14.8. The van der Waals surface area contributed by atoms with Crippen molar-refractivity contribution in [3.05, 3.63) is 47.6 Å². The van der Waals surface area contributed by atoms with E-state index in [1.54, 1.807) is 0 Å². The molecule has 1 aliphatic rings. The molecule has 1 N–H and O–H groups in total. The summed E-state index contributed by atoms with van der Waals surface area (Å²) in [6, 6.07) is 2.66. The summed E-state index contributed by atoms with van der Waals surface area (Å²) < 4.78 is 27.2. The number of hydrogen-bond donors (Lipinski definition) is 1. The van der Waals surface area contributed by atoms with E-state index in [0.717, 1.165) is 37.7 Å². The van der Waals surface area contributed by atoms with E-state index in [2.05, 4.69) is 19.1 Å². The van der Waals surface area contributed by atoms with E-state index in [1.165, 1.54) is 12.1 Å². The predicted molar refractivity (Wildman–Crippen MR) is 77.4 cm³/mol. The van der Waals surface area contributed by atoms with Crippen molar-refractivity contribution in [3.8, 4) is 5.75 Å². The molecule has 0 aliphatic heterocycles. The molecule has 0 radical (unpaired) electrons. The minimum absolute atomic E-state index is 0.274. The van der Waals surface area contributed by atoms with Crippen molar-refractivity contribution < 1.29 is 13.9 Å². The first-order chi connectivity index (χ1) is 9.63. The van der Waals surface area contributed by atoms with Crippen LogP contribution in [0.1, 0.15) is 44.6 Å². The molecule has 3 heteroatoms. The molecule has 0 saturated carbocycles. The number of unbranched alkanes of at least 4 members (excludes halogenated alkanes) is 1. The Morgan fingerprint density at radius 3 is 2.75 bits per heavy atom. The van der Waals surface area contributed by atoms with Gasteiger partial charge in [0.2, 0.25) is 5.82 Å². The van der Waals surface area contributed by atoms with Gasteiger partial charge in [0, 0.05) is 5.56 Å². The zero-order valence-electron chi connectivity index (χ0n) is 11.7. The summed E-state index contributed by atoms with van der Waals surface area (Å²) in [4.78, 5) is 0. The van der Waals surface area contributed by atoms with Gasteiger partial charge in [0.25, 0.3) is 0 Å². The molecule has 2 rings (SSSR count). The van der Waals surface area contributed by atoms with Crippen LogP contribution in [0.4, 0.5) is 8.78 Å². The normalized spacial score (nSPS) is 19.4. The lowest BCUT2D eigenvalue weighted by Gasteiger charge is -2.20. The van der Waals surface area contributed by atoms with Gasteiger partial charge in [-0.25, -0.2) is 4.39 Å². The third kappa shape index (κ3) is 3.27. The second kappa shape index (κ2) is 6.69. The third-order valence-corrected chi connectivity index (χ3v) is 3.72. The molecule has 0 saturated heterocycles. The highest BCUT2D eigenvalue weighted by Gasteiger charge is 2.19. The van der Waals surface area contributed by atoms with Crippen LogP contribution < -0.4 is 0 Å². The monoisotopic (exact) mass is 278 g/mol. The third-order valence-electron chi connectivity index (χ3n) is 3.72. The van der Waals surface area contributed by atoms with Crippen molar-refractivity contribution in [3.63, 3.8) is 0 Å². The summed E-state index contributed by atoms with van der Waals surface area (Å²) in [5.74, 6) is -2.25. The predicted octanol–water partition coefficient (Wildman–Crippen LogP) is 5.21. The van der Waals surface area contributed by atoms with Crippen molar-refractivity contribution in [2.24, 2.45) is 5.92 Å². The average molecular weight is 278 g/mol. The van der Waals surface area contributed by atoms with Gasteiger partial charge in [0.15, 0.2) is 11.6 Å². The number of rotatable bonds is 4. The van der Waals surface area contributed by atoms with E-state index in [0.29, 0.717) is 5.92 Å². The molecule has 20 heavy (non-hydrogen) atoms. The van der Waals surface area contributed by atoms with E-state index in [9.17, 15) is 8.78 Å². The Bertz CT molecular complexity index is 532. The molecular weight excluding hydrogens is 258 g/mol. The number of phenolic OH excluding ortho intramolecular Hbond substituents is 1. The maximum Gasteiger partial charge on any atom is 0.200 e. The minimum atomic E-state index is -1.16. The highest BCUT2D eigenvalue weighted by molar-refractivity contribution is 5.67. The number of benzene rings is 1. The van der Waals surface area contributed by atoms with Crippen LogP contribution in [0.15, 0.2) is 30.4 Å². The second-order valence-electron chi connectivity index (χ2n) is 5.24. The Morgan fingerprint density at radius 2 is 2.10 bits per heavy atom. The number of hydrogen-bond acceptors (Lipinski definition) is 1. The number of allylic oxidation sites excluding steroid dienone is 4. The first-order valence-electron chi connectivity index (χ1n) is 7.16. The average Bonchev–Trinajstić information content (AvgIpc) is 2.46. The molecule has 0 bridgehead atoms. The van der Waals surface area contributed by atoms with Gasteiger partial charge >= 0.3 is 0 Å². The fourth-order valence-electron chi connectivity index (χ4n) is 2.52. The van der Waals surface area contributed by atoms with Crippen molar-refractivity contribution >= 4 is 5.57 Å². The second-order valence-corrected chi connectivity index (χ2v) is 5.24. The molecule has 1 unspecified atom stereocenters. The Labute approximate surface area is 118 Å². The SMILES string of the molecule is CCC/C=C/C1CC=C(c2ccc(O)c(F)c2F)CC1. The van der Waals surface area contributed by atoms with Crippen LogP contribution in [0.5, 0.6) is 5.75 Å². The van der Waals surface area contributed by atoms with Crippen molar-refractivity contribution in [1.82, 2.24) is 0 Å². The summed E-state index contributed by atoms with van der Waals surface area (Å²) in [6.45, 7) is 2.14. The Hall–Kier alpha value is -1.64. The van der Waals surface area contributed by atoms with Gasteiger partial charge in [-0.1, -0.05) is 31.6 Å². The summed E-state index contributed by atoms with van der Waals surface area (Å²) in [5.41, 5.74) is 1.11. The topological polar surface area (TPSA) is 20.2 Å². The fraction of sp³-hybridized carbons (Fsp3) is 0.412. The molecule has 1 aromatic carbocycles. The highest BCUT2D eigenvalue weighted by Crippen LogP contribution is 2.34. The zero-order valence-corrected chi connectivity index (χ0v) is 11.7. The molecule has 0 amide bonds. The molecule has 1 aromatic rings. The van der Waals surface area contributed by atoms with E-state index >= 15 is 0 Å². The van der Waals surface area contributed by atoms with Crippen LogP contribution in [-0.2, 0) is 0 Å². The van der Waals surface area contributed by atoms with Crippen LogP contribution in [0, 0.1) is 17.6 Å². The van der Waals surface area contributed by atoms with Crippen LogP contribution in [0.25, 0.3) is 5.57 Å². The number of phenols is 1. The van der Waals surface area contributed by atoms with Gasteiger partial charge in [0.05, 0.1) is 0 Å².